The number of rotatable bonds is 10. The number of benzene rings is 2. The van der Waals surface area contributed by atoms with Crippen LogP contribution in [0.1, 0.15) is 25.5 Å². The minimum atomic E-state index is -2.88. The number of pyridine rings is 1. The molecule has 1 heterocycles. The summed E-state index contributed by atoms with van der Waals surface area (Å²) in [6.07, 6.45) is 0.615. The predicted octanol–water partition coefficient (Wildman–Crippen LogP) is 10.1. The van der Waals surface area contributed by atoms with Crippen LogP contribution in [0.15, 0.2) is 71.2 Å². The summed E-state index contributed by atoms with van der Waals surface area (Å²) in [4.78, 5) is 16.4. The predicted molar refractivity (Wildman–Crippen MR) is 176 cm³/mol. The van der Waals surface area contributed by atoms with E-state index >= 15 is 0 Å². The zero-order chi connectivity index (χ0) is 32.7. The Morgan fingerprint density at radius 2 is 1.66 bits per heavy atom. The Bertz CT molecular complexity index is 1590. The lowest BCUT2D eigenvalue weighted by Crippen LogP contribution is -2.14. The molecule has 1 aliphatic carbocycles. The first kappa shape index (κ1) is 36.4. The van der Waals surface area contributed by atoms with E-state index in [1.807, 2.05) is 50.2 Å². The molecule has 0 radical (unpaired) electrons. The highest BCUT2D eigenvalue weighted by molar-refractivity contribution is 8.07. The fourth-order valence-corrected chi connectivity index (χ4v) is 5.76. The standard InChI is InChI=1S/C22H19Cl2NO3.C7H7Cl3NO3PS/c1-22(2)17(12-19(23)24)20(22)21(26)28-18(13-25)14-7-6-10-16(11-14)27-15-8-4-3-5-9-15;1-12-15(16,13-2)14-7-5(9)3-4(8)6(10)11-7/h3-12,17-18,20H,1-2H3;3H,1-2H3/t17-,18?,20-;/m0./s1. The van der Waals surface area contributed by atoms with Crippen molar-refractivity contribution in [1.82, 2.24) is 4.98 Å². The molecular formula is C29H26Cl5N2O6PS. The maximum absolute atomic E-state index is 12.6. The van der Waals surface area contributed by atoms with Gasteiger partial charge in [0.05, 0.1) is 10.9 Å². The van der Waals surface area contributed by atoms with E-state index in [4.69, 9.17) is 92.9 Å². The SMILES string of the molecule is CC1(C)[C@H](C(=O)OC(C#N)c2cccc(Oc3ccccc3)c2)[C@@H]1C=C(Cl)Cl.COP(=S)(OC)Oc1nc(Cl)c(Cl)cc1Cl. The number of esters is 1. The van der Waals surface area contributed by atoms with Gasteiger partial charge in [0.15, 0.2) is 5.15 Å². The van der Waals surface area contributed by atoms with E-state index in [0.29, 0.717) is 17.1 Å². The highest BCUT2D eigenvalue weighted by atomic mass is 35.5. The lowest BCUT2D eigenvalue weighted by Gasteiger charge is -2.18. The van der Waals surface area contributed by atoms with E-state index in [2.05, 4.69) is 4.98 Å². The Hall–Kier alpha value is -2.09. The van der Waals surface area contributed by atoms with Crippen molar-refractivity contribution in [2.24, 2.45) is 17.3 Å². The molecule has 44 heavy (non-hydrogen) atoms. The van der Waals surface area contributed by atoms with Crippen LogP contribution in [0.4, 0.5) is 0 Å². The van der Waals surface area contributed by atoms with Crippen LogP contribution in [-0.2, 0) is 30.4 Å². The van der Waals surface area contributed by atoms with Crippen LogP contribution in [-0.4, -0.2) is 25.2 Å². The van der Waals surface area contributed by atoms with Crippen molar-refractivity contribution < 1.29 is 27.8 Å². The van der Waals surface area contributed by atoms with Crippen LogP contribution in [0, 0.1) is 28.6 Å². The van der Waals surface area contributed by atoms with Crippen molar-refractivity contribution >= 4 is 82.5 Å². The lowest BCUT2D eigenvalue weighted by molar-refractivity contribution is -0.149. The number of carbonyl (C=O) groups excluding carboxylic acids is 1. The zero-order valence-corrected chi connectivity index (χ0v) is 29.2. The maximum Gasteiger partial charge on any atom is 0.381 e. The van der Waals surface area contributed by atoms with Crippen LogP contribution in [0.2, 0.25) is 15.2 Å². The molecule has 15 heteroatoms. The van der Waals surface area contributed by atoms with Crippen LogP contribution >= 0.6 is 64.7 Å². The van der Waals surface area contributed by atoms with Gasteiger partial charge in [-0.1, -0.05) is 102 Å². The number of halogens is 5. The van der Waals surface area contributed by atoms with Gasteiger partial charge in [-0.05, 0) is 47.7 Å². The van der Waals surface area contributed by atoms with Crippen molar-refractivity contribution in [3.05, 3.63) is 92.0 Å². The molecule has 3 aromatic rings. The molecule has 1 unspecified atom stereocenters. The quantitative estimate of drug-likeness (QED) is 0.114. The number of hydrogen-bond acceptors (Lipinski definition) is 9. The highest BCUT2D eigenvalue weighted by Crippen LogP contribution is 2.60. The molecule has 3 atom stereocenters. The Labute approximate surface area is 285 Å². The first-order valence-electron chi connectivity index (χ1n) is 12.6. The molecule has 1 fully saturated rings. The molecule has 1 saturated carbocycles. The molecule has 234 valence electrons. The molecule has 0 bridgehead atoms. The van der Waals surface area contributed by atoms with Crippen molar-refractivity contribution in [2.75, 3.05) is 14.2 Å². The molecule has 2 aromatic carbocycles. The smallest absolute Gasteiger partial charge is 0.381 e. The van der Waals surface area contributed by atoms with Crippen molar-refractivity contribution in [3.63, 3.8) is 0 Å². The minimum absolute atomic E-state index is 0.0306. The van der Waals surface area contributed by atoms with E-state index < -0.39 is 18.8 Å². The van der Waals surface area contributed by atoms with Crippen molar-refractivity contribution in [1.29, 1.82) is 5.26 Å². The van der Waals surface area contributed by atoms with E-state index in [1.165, 1.54) is 20.3 Å². The fraction of sp³-hybridized carbons (Fsp3) is 0.276. The zero-order valence-electron chi connectivity index (χ0n) is 23.7. The van der Waals surface area contributed by atoms with Crippen molar-refractivity contribution in [3.8, 4) is 23.4 Å². The third-order valence-electron chi connectivity index (χ3n) is 6.46. The van der Waals surface area contributed by atoms with Crippen LogP contribution in [0.5, 0.6) is 17.4 Å². The first-order chi connectivity index (χ1) is 20.7. The summed E-state index contributed by atoms with van der Waals surface area (Å²) >= 11 is 33.7. The summed E-state index contributed by atoms with van der Waals surface area (Å²) in [5.74, 6) is 0.320. The third kappa shape index (κ3) is 9.70. The number of allylic oxidation sites excluding steroid dienone is 1. The van der Waals surface area contributed by atoms with Crippen molar-refractivity contribution in [2.45, 2.75) is 20.0 Å². The van der Waals surface area contributed by atoms with Gasteiger partial charge in [0.1, 0.15) is 27.1 Å². The second-order valence-electron chi connectivity index (χ2n) is 9.67. The number of hydrogen-bond donors (Lipinski definition) is 0. The average Bonchev–Trinajstić information content (AvgIpc) is 3.53. The van der Waals surface area contributed by atoms with E-state index in [-0.39, 0.29) is 42.8 Å². The number of nitrogens with zero attached hydrogens (tertiary/aromatic N) is 2. The lowest BCUT2D eigenvalue weighted by atomic mass is 10.1. The second kappa shape index (κ2) is 16.0. The molecule has 4 rings (SSSR count). The van der Waals surface area contributed by atoms with E-state index in [9.17, 15) is 10.1 Å². The topological polar surface area (TPSA) is 99.9 Å². The first-order valence-corrected chi connectivity index (χ1v) is 17.1. The number of nitriles is 1. The Kier molecular flexibility index (Phi) is 13.2. The summed E-state index contributed by atoms with van der Waals surface area (Å²) in [7, 11) is 2.74. The minimum Gasteiger partial charge on any atom is -0.457 e. The number of ether oxygens (including phenoxy) is 2. The van der Waals surface area contributed by atoms with Gasteiger partial charge in [-0.25, -0.2) is 0 Å². The molecule has 1 aromatic heterocycles. The summed E-state index contributed by atoms with van der Waals surface area (Å²) in [5.41, 5.74) is 0.231. The summed E-state index contributed by atoms with van der Waals surface area (Å²) < 4.78 is 26.5. The van der Waals surface area contributed by atoms with Gasteiger partial charge in [0.25, 0.3) is 0 Å². The summed E-state index contributed by atoms with van der Waals surface area (Å²) in [6, 6.07) is 19.7. The largest absolute Gasteiger partial charge is 0.457 e. The molecule has 0 N–H and O–H groups in total. The van der Waals surface area contributed by atoms with Crippen LogP contribution < -0.4 is 9.26 Å². The van der Waals surface area contributed by atoms with Gasteiger partial charge >= 0.3 is 12.7 Å². The molecule has 1 aliphatic rings. The monoisotopic (exact) mass is 736 g/mol. The van der Waals surface area contributed by atoms with Gasteiger partial charge in [-0.2, -0.15) is 10.2 Å². The van der Waals surface area contributed by atoms with Gasteiger partial charge in [0, 0.05) is 31.6 Å². The number of aromatic nitrogens is 1. The number of carbonyl (C=O) groups is 1. The molecule has 0 amide bonds. The second-order valence-corrected chi connectivity index (χ2v) is 15.0. The van der Waals surface area contributed by atoms with Gasteiger partial charge in [-0.15, -0.1) is 0 Å². The number of para-hydroxylation sites is 1. The molecule has 8 nitrogen and oxygen atoms in total. The van der Waals surface area contributed by atoms with Crippen LogP contribution in [0.3, 0.4) is 0 Å². The van der Waals surface area contributed by atoms with Gasteiger partial charge < -0.3 is 23.0 Å². The molecule has 0 spiro atoms. The highest BCUT2D eigenvalue weighted by Gasteiger charge is 2.62. The summed E-state index contributed by atoms with van der Waals surface area (Å²) in [6.45, 7) is 0.994. The Balaban J connectivity index is 0.000000281. The third-order valence-corrected chi connectivity index (χ3v) is 10.1. The molecular weight excluding hydrogens is 713 g/mol. The average molecular weight is 739 g/mol. The Morgan fingerprint density at radius 1 is 1.02 bits per heavy atom. The molecule has 0 aliphatic heterocycles. The molecule has 0 saturated heterocycles. The van der Waals surface area contributed by atoms with Crippen LogP contribution in [0.25, 0.3) is 0 Å². The van der Waals surface area contributed by atoms with Gasteiger partial charge in [0.2, 0.25) is 12.0 Å². The van der Waals surface area contributed by atoms with E-state index in [0.717, 1.165) is 0 Å². The normalized spacial score (nSPS) is 17.2. The fourth-order valence-electron chi connectivity index (χ4n) is 4.05. The summed E-state index contributed by atoms with van der Waals surface area (Å²) in [5, 5.41) is 10.00. The van der Waals surface area contributed by atoms with Gasteiger partial charge in [-0.3, -0.25) is 4.79 Å². The Morgan fingerprint density at radius 3 is 2.25 bits per heavy atom. The van der Waals surface area contributed by atoms with E-state index in [1.54, 1.807) is 30.3 Å². The maximum atomic E-state index is 12.6.